The molecule has 2 heterocycles. The first-order valence-electron chi connectivity index (χ1n) is 7.72. The van der Waals surface area contributed by atoms with E-state index < -0.39 is 15.4 Å². The summed E-state index contributed by atoms with van der Waals surface area (Å²) < 4.78 is 27.0. The van der Waals surface area contributed by atoms with Crippen molar-refractivity contribution in [1.29, 1.82) is 0 Å². The molecule has 12 heteroatoms. The molecule has 3 aromatic rings. The fraction of sp³-hybridized carbons (Fsp3) is 0.267. The maximum atomic E-state index is 12.5. The van der Waals surface area contributed by atoms with E-state index >= 15 is 0 Å². The molecule has 0 spiro atoms. The van der Waals surface area contributed by atoms with Crippen molar-refractivity contribution in [2.24, 2.45) is 5.41 Å². The van der Waals surface area contributed by atoms with Gasteiger partial charge in [-0.2, -0.15) is 8.42 Å². The van der Waals surface area contributed by atoms with Gasteiger partial charge in [0, 0.05) is 11.0 Å². The second-order valence-electron chi connectivity index (χ2n) is 6.46. The number of hydrogen-bond donors (Lipinski definition) is 2. The van der Waals surface area contributed by atoms with E-state index in [1.165, 1.54) is 0 Å². The van der Waals surface area contributed by atoms with E-state index in [1.54, 1.807) is 20.8 Å². The van der Waals surface area contributed by atoms with Crippen molar-refractivity contribution in [2.75, 3.05) is 10.0 Å². The molecule has 0 saturated heterocycles. The number of anilines is 2. The van der Waals surface area contributed by atoms with Crippen molar-refractivity contribution < 1.29 is 13.2 Å². The number of hydrogen-bond acceptors (Lipinski definition) is 9. The summed E-state index contributed by atoms with van der Waals surface area (Å²) in [4.78, 5) is 12.0. The Hall–Kier alpha value is -2.44. The third-order valence-electron chi connectivity index (χ3n) is 3.21. The molecule has 3 rings (SSSR count). The summed E-state index contributed by atoms with van der Waals surface area (Å²) in [7, 11) is -3.98. The van der Waals surface area contributed by atoms with E-state index in [0.717, 1.165) is 28.2 Å². The van der Waals surface area contributed by atoms with Crippen LogP contribution < -0.4 is 10.0 Å². The van der Waals surface area contributed by atoms with Crippen LogP contribution in [0.15, 0.2) is 34.7 Å². The maximum Gasteiger partial charge on any atom is 0.293 e. The van der Waals surface area contributed by atoms with Gasteiger partial charge in [-0.15, -0.1) is 20.4 Å². The number of amides is 1. The number of carbonyl (C=O) groups is 1. The van der Waals surface area contributed by atoms with Gasteiger partial charge in [-0.05, 0) is 0 Å². The van der Waals surface area contributed by atoms with Crippen LogP contribution >= 0.6 is 22.7 Å². The number of nitrogens with zero attached hydrogens (tertiary/aromatic N) is 4. The van der Waals surface area contributed by atoms with Crippen molar-refractivity contribution in [3.05, 3.63) is 30.3 Å². The smallest absolute Gasteiger partial charge is 0.293 e. The standard InChI is InChI=1S/C15H16N6O3S3/c1-15(2,3)11(22)16-12-18-20-14(26-12)27(23,24)21-13-19-17-10(25-13)9-7-5-4-6-8-9/h4-8H,1-3H3,(H,19,21)(H,16,18,22). The highest BCUT2D eigenvalue weighted by atomic mass is 32.2. The number of benzene rings is 1. The van der Waals surface area contributed by atoms with Crippen molar-refractivity contribution in [3.63, 3.8) is 0 Å². The van der Waals surface area contributed by atoms with Gasteiger partial charge in [-0.1, -0.05) is 73.8 Å². The molecule has 1 amide bonds. The van der Waals surface area contributed by atoms with Crippen LogP contribution in [0.5, 0.6) is 0 Å². The minimum absolute atomic E-state index is 0.109. The second-order valence-corrected chi connectivity index (χ2v) is 10.3. The summed E-state index contributed by atoms with van der Waals surface area (Å²) in [6.45, 7) is 5.22. The molecule has 0 bridgehead atoms. The minimum atomic E-state index is -3.98. The first-order valence-corrected chi connectivity index (χ1v) is 10.8. The Morgan fingerprint density at radius 2 is 1.63 bits per heavy atom. The molecule has 0 unspecified atom stereocenters. The first kappa shape index (κ1) is 19.3. The molecular weight excluding hydrogens is 408 g/mol. The van der Waals surface area contributed by atoms with Gasteiger partial charge in [-0.3, -0.25) is 9.52 Å². The first-order chi connectivity index (χ1) is 12.6. The Morgan fingerprint density at radius 3 is 2.30 bits per heavy atom. The summed E-state index contributed by atoms with van der Waals surface area (Å²) in [5.41, 5.74) is 0.201. The van der Waals surface area contributed by atoms with Crippen molar-refractivity contribution in [2.45, 2.75) is 25.1 Å². The summed E-state index contributed by atoms with van der Waals surface area (Å²) in [5.74, 6) is -0.285. The third kappa shape index (κ3) is 4.64. The van der Waals surface area contributed by atoms with E-state index in [4.69, 9.17) is 0 Å². The highest BCUT2D eigenvalue weighted by molar-refractivity contribution is 7.94. The zero-order valence-electron chi connectivity index (χ0n) is 14.6. The largest absolute Gasteiger partial charge is 0.300 e. The summed E-state index contributed by atoms with van der Waals surface area (Å²) in [5, 5.41) is 18.6. The Morgan fingerprint density at radius 1 is 0.963 bits per heavy atom. The Labute approximate surface area is 163 Å². The van der Waals surface area contributed by atoms with Gasteiger partial charge in [0.1, 0.15) is 5.01 Å². The van der Waals surface area contributed by atoms with Crippen LogP contribution in [0.25, 0.3) is 10.6 Å². The topological polar surface area (TPSA) is 127 Å². The molecule has 2 N–H and O–H groups in total. The van der Waals surface area contributed by atoms with E-state index in [2.05, 4.69) is 30.4 Å². The predicted octanol–water partition coefficient (Wildman–Crippen LogP) is 2.84. The molecule has 27 heavy (non-hydrogen) atoms. The zero-order valence-corrected chi connectivity index (χ0v) is 17.1. The molecule has 0 aliphatic carbocycles. The van der Waals surface area contributed by atoms with Crippen LogP contribution in [-0.4, -0.2) is 34.7 Å². The van der Waals surface area contributed by atoms with Gasteiger partial charge in [0.05, 0.1) is 0 Å². The van der Waals surface area contributed by atoms with E-state index in [-0.39, 0.29) is 20.5 Å². The van der Waals surface area contributed by atoms with Gasteiger partial charge in [0.15, 0.2) is 0 Å². The quantitative estimate of drug-likeness (QED) is 0.603. The fourth-order valence-electron chi connectivity index (χ4n) is 1.77. The summed E-state index contributed by atoms with van der Waals surface area (Å²) in [6.07, 6.45) is 0. The van der Waals surface area contributed by atoms with Crippen LogP contribution in [-0.2, 0) is 14.8 Å². The number of rotatable bonds is 5. The van der Waals surface area contributed by atoms with Gasteiger partial charge in [0.2, 0.25) is 16.2 Å². The van der Waals surface area contributed by atoms with Crippen LogP contribution in [0.3, 0.4) is 0 Å². The number of aromatic nitrogens is 4. The lowest BCUT2D eigenvalue weighted by atomic mass is 9.96. The lowest BCUT2D eigenvalue weighted by Crippen LogP contribution is -2.27. The molecule has 142 valence electrons. The van der Waals surface area contributed by atoms with Gasteiger partial charge < -0.3 is 5.32 Å². The Kier molecular flexibility index (Phi) is 5.22. The fourth-order valence-corrected chi connectivity index (χ4v) is 4.65. The van der Waals surface area contributed by atoms with Gasteiger partial charge in [-0.25, -0.2) is 0 Å². The number of carbonyl (C=O) groups excluding carboxylic acids is 1. The van der Waals surface area contributed by atoms with Gasteiger partial charge in [0.25, 0.3) is 14.4 Å². The monoisotopic (exact) mass is 424 g/mol. The molecule has 9 nitrogen and oxygen atoms in total. The van der Waals surface area contributed by atoms with Crippen molar-refractivity contribution in [1.82, 2.24) is 20.4 Å². The molecule has 0 radical (unpaired) electrons. The lowest BCUT2D eigenvalue weighted by Gasteiger charge is -2.15. The minimum Gasteiger partial charge on any atom is -0.300 e. The highest BCUT2D eigenvalue weighted by Gasteiger charge is 2.26. The van der Waals surface area contributed by atoms with E-state index in [1.807, 2.05) is 30.3 Å². The molecule has 0 aliphatic heterocycles. The third-order valence-corrected chi connectivity index (χ3v) is 6.77. The van der Waals surface area contributed by atoms with Crippen LogP contribution in [0.1, 0.15) is 20.8 Å². The van der Waals surface area contributed by atoms with Gasteiger partial charge >= 0.3 is 0 Å². The lowest BCUT2D eigenvalue weighted by molar-refractivity contribution is -0.123. The molecular formula is C15H16N6O3S3. The molecule has 0 fully saturated rings. The number of nitrogens with one attached hydrogen (secondary N) is 2. The normalized spacial score (nSPS) is 12.0. The zero-order chi connectivity index (χ0) is 19.7. The van der Waals surface area contributed by atoms with Crippen molar-refractivity contribution >= 4 is 48.9 Å². The summed E-state index contributed by atoms with van der Waals surface area (Å²) >= 11 is 1.86. The van der Waals surface area contributed by atoms with E-state index in [0.29, 0.717) is 5.01 Å². The van der Waals surface area contributed by atoms with Crippen LogP contribution in [0, 0.1) is 5.41 Å². The molecule has 1 aromatic carbocycles. The molecule has 0 saturated carbocycles. The predicted molar refractivity (Wildman–Crippen MR) is 104 cm³/mol. The SMILES string of the molecule is CC(C)(C)C(=O)Nc1nnc(S(=O)(=O)Nc2nnc(-c3ccccc3)s2)s1. The Balaban J connectivity index is 1.74. The van der Waals surface area contributed by atoms with Crippen LogP contribution in [0.4, 0.5) is 10.3 Å². The number of sulfonamides is 1. The van der Waals surface area contributed by atoms with Crippen LogP contribution in [0.2, 0.25) is 0 Å². The second kappa shape index (κ2) is 7.29. The average molecular weight is 425 g/mol. The Bertz CT molecular complexity index is 1050. The maximum absolute atomic E-state index is 12.5. The molecule has 2 aromatic heterocycles. The summed E-state index contributed by atoms with van der Waals surface area (Å²) in [6, 6.07) is 9.30. The molecule has 0 aliphatic rings. The molecule has 0 atom stereocenters. The van der Waals surface area contributed by atoms with Crippen molar-refractivity contribution in [3.8, 4) is 10.6 Å². The van der Waals surface area contributed by atoms with E-state index in [9.17, 15) is 13.2 Å². The average Bonchev–Trinajstić information content (AvgIpc) is 3.24. The highest BCUT2D eigenvalue weighted by Crippen LogP contribution is 2.29.